The van der Waals surface area contributed by atoms with Gasteiger partial charge in [-0.3, -0.25) is 19.6 Å². The molecule has 0 bridgehead atoms. The summed E-state index contributed by atoms with van der Waals surface area (Å²) in [6.07, 6.45) is 7.09. The second kappa shape index (κ2) is 11.2. The summed E-state index contributed by atoms with van der Waals surface area (Å²) in [5.41, 5.74) is 0.161. The Balaban J connectivity index is 1.36. The van der Waals surface area contributed by atoms with Gasteiger partial charge >= 0.3 is 0 Å². The lowest BCUT2D eigenvalue weighted by molar-refractivity contribution is -0.135. The first kappa shape index (κ1) is 23.8. The van der Waals surface area contributed by atoms with E-state index in [9.17, 15) is 4.79 Å². The van der Waals surface area contributed by atoms with Crippen LogP contribution in [0.4, 0.5) is 0 Å². The van der Waals surface area contributed by atoms with E-state index in [1.54, 1.807) is 0 Å². The van der Waals surface area contributed by atoms with Gasteiger partial charge in [0.1, 0.15) is 0 Å². The minimum Gasteiger partial charge on any atom is -0.381 e. The number of carbonyl (C=O) groups is 1. The first-order valence-corrected chi connectivity index (χ1v) is 13.0. The molecule has 1 unspecified atom stereocenters. The van der Waals surface area contributed by atoms with Crippen LogP contribution >= 0.6 is 0 Å². The number of amides is 1. The number of hydrogen-bond acceptors (Lipinski definition) is 5. The molecule has 4 aliphatic heterocycles. The van der Waals surface area contributed by atoms with E-state index in [4.69, 9.17) is 9.73 Å². The molecule has 0 saturated carbocycles. The molecule has 1 atom stereocenters. The van der Waals surface area contributed by atoms with Crippen molar-refractivity contribution in [1.82, 2.24) is 24.9 Å². The number of carbonyl (C=O) groups excluding carboxylic acids is 1. The standard InChI is InChI=1S/C24H44N6O2/c1-3-25-23(26-20-24(8-18-32-19-9-24)30-12-6-7-13-30)29-16-14-27(15-17-29)21(2)22(31)28-10-4-5-11-28/h21H,3-20H2,1-2H3,(H,25,26). The lowest BCUT2D eigenvalue weighted by Crippen LogP contribution is -2.58. The fraction of sp³-hybridized carbons (Fsp3) is 0.917. The van der Waals surface area contributed by atoms with Crippen molar-refractivity contribution >= 4 is 11.9 Å². The van der Waals surface area contributed by atoms with Gasteiger partial charge in [0.2, 0.25) is 5.91 Å². The van der Waals surface area contributed by atoms with Gasteiger partial charge in [0.05, 0.1) is 12.6 Å². The van der Waals surface area contributed by atoms with E-state index in [-0.39, 0.29) is 11.6 Å². The van der Waals surface area contributed by atoms with Gasteiger partial charge in [-0.15, -0.1) is 0 Å². The minimum absolute atomic E-state index is 0.0181. The smallest absolute Gasteiger partial charge is 0.239 e. The van der Waals surface area contributed by atoms with E-state index in [1.165, 1.54) is 25.9 Å². The average molecular weight is 449 g/mol. The van der Waals surface area contributed by atoms with Crippen LogP contribution in [0, 0.1) is 0 Å². The fourth-order valence-electron chi connectivity index (χ4n) is 5.84. The quantitative estimate of drug-likeness (QED) is 0.487. The molecule has 1 amide bonds. The van der Waals surface area contributed by atoms with E-state index in [2.05, 4.69) is 33.9 Å². The molecule has 4 aliphatic rings. The van der Waals surface area contributed by atoms with Gasteiger partial charge in [-0.2, -0.15) is 0 Å². The second-order valence-electron chi connectivity index (χ2n) is 9.93. The number of rotatable bonds is 6. The van der Waals surface area contributed by atoms with E-state index in [1.807, 2.05) is 4.90 Å². The van der Waals surface area contributed by atoms with Gasteiger partial charge in [0, 0.05) is 64.6 Å². The highest BCUT2D eigenvalue weighted by atomic mass is 16.5. The van der Waals surface area contributed by atoms with E-state index >= 15 is 0 Å². The van der Waals surface area contributed by atoms with Crippen LogP contribution in [0.15, 0.2) is 4.99 Å². The summed E-state index contributed by atoms with van der Waals surface area (Å²) in [5.74, 6) is 1.35. The van der Waals surface area contributed by atoms with Crippen molar-refractivity contribution in [1.29, 1.82) is 0 Å². The molecule has 182 valence electrons. The summed E-state index contributed by atoms with van der Waals surface area (Å²) in [4.78, 5) is 27.5. The van der Waals surface area contributed by atoms with E-state index in [0.717, 1.165) is 97.2 Å². The summed E-state index contributed by atoms with van der Waals surface area (Å²) in [6.45, 7) is 15.6. The molecule has 0 spiro atoms. The molecule has 0 aliphatic carbocycles. The van der Waals surface area contributed by atoms with Gasteiger partial charge in [0.25, 0.3) is 0 Å². The van der Waals surface area contributed by atoms with Gasteiger partial charge < -0.3 is 19.9 Å². The molecular formula is C24H44N6O2. The highest BCUT2D eigenvalue weighted by molar-refractivity contribution is 5.82. The van der Waals surface area contributed by atoms with Gasteiger partial charge in [0.15, 0.2) is 5.96 Å². The first-order chi connectivity index (χ1) is 15.6. The molecule has 1 N–H and O–H groups in total. The van der Waals surface area contributed by atoms with Crippen molar-refractivity contribution in [2.24, 2.45) is 4.99 Å². The van der Waals surface area contributed by atoms with Crippen LogP contribution in [-0.2, 0) is 9.53 Å². The van der Waals surface area contributed by atoms with Crippen molar-refractivity contribution < 1.29 is 9.53 Å². The summed E-state index contributed by atoms with van der Waals surface area (Å²) in [5, 5.41) is 3.54. The van der Waals surface area contributed by atoms with Gasteiger partial charge in [-0.1, -0.05) is 0 Å². The van der Waals surface area contributed by atoms with Crippen LogP contribution in [-0.4, -0.2) is 122 Å². The molecule has 0 aromatic heterocycles. The topological polar surface area (TPSA) is 63.7 Å². The monoisotopic (exact) mass is 448 g/mol. The van der Waals surface area contributed by atoms with Gasteiger partial charge in [-0.25, -0.2) is 0 Å². The third kappa shape index (κ3) is 5.39. The number of aliphatic imine (C=N–C) groups is 1. The molecule has 32 heavy (non-hydrogen) atoms. The van der Waals surface area contributed by atoms with Crippen LogP contribution in [0.3, 0.4) is 0 Å². The molecule has 0 aromatic carbocycles. The number of piperazine rings is 1. The molecule has 4 saturated heterocycles. The lowest BCUT2D eigenvalue weighted by Gasteiger charge is -2.44. The molecule has 0 aromatic rings. The molecular weight excluding hydrogens is 404 g/mol. The molecule has 4 rings (SSSR count). The number of likely N-dealkylation sites (tertiary alicyclic amines) is 2. The molecule has 0 radical (unpaired) electrons. The Morgan fingerprint density at radius 2 is 1.56 bits per heavy atom. The number of ether oxygens (including phenoxy) is 1. The second-order valence-corrected chi connectivity index (χ2v) is 9.93. The van der Waals surface area contributed by atoms with Crippen LogP contribution in [0.25, 0.3) is 0 Å². The summed E-state index contributed by atoms with van der Waals surface area (Å²) < 4.78 is 5.71. The van der Waals surface area contributed by atoms with Crippen LogP contribution < -0.4 is 5.32 Å². The normalized spacial score (nSPS) is 26.5. The summed E-state index contributed by atoms with van der Waals surface area (Å²) >= 11 is 0. The maximum Gasteiger partial charge on any atom is 0.239 e. The number of hydrogen-bond donors (Lipinski definition) is 1. The van der Waals surface area contributed by atoms with Crippen LogP contribution in [0.2, 0.25) is 0 Å². The van der Waals surface area contributed by atoms with Crippen molar-refractivity contribution in [3.8, 4) is 0 Å². The summed E-state index contributed by atoms with van der Waals surface area (Å²) in [6, 6.07) is -0.0181. The Hall–Kier alpha value is -1.38. The largest absolute Gasteiger partial charge is 0.381 e. The minimum atomic E-state index is -0.0181. The Kier molecular flexibility index (Phi) is 8.29. The van der Waals surface area contributed by atoms with E-state index in [0.29, 0.717) is 5.91 Å². The molecule has 4 fully saturated rings. The highest BCUT2D eigenvalue weighted by Crippen LogP contribution is 2.31. The fourth-order valence-corrected chi connectivity index (χ4v) is 5.84. The number of guanidine groups is 1. The zero-order valence-electron chi connectivity index (χ0n) is 20.4. The number of nitrogens with zero attached hydrogens (tertiary/aromatic N) is 5. The summed E-state index contributed by atoms with van der Waals surface area (Å²) in [7, 11) is 0. The zero-order valence-corrected chi connectivity index (χ0v) is 20.4. The predicted molar refractivity (Wildman–Crippen MR) is 128 cm³/mol. The third-order valence-corrected chi connectivity index (χ3v) is 8.00. The predicted octanol–water partition coefficient (Wildman–Crippen LogP) is 1.23. The van der Waals surface area contributed by atoms with Crippen LogP contribution in [0.5, 0.6) is 0 Å². The van der Waals surface area contributed by atoms with Crippen molar-refractivity contribution in [2.45, 2.75) is 64.0 Å². The molecule has 8 nitrogen and oxygen atoms in total. The lowest BCUT2D eigenvalue weighted by atomic mass is 9.88. The Labute approximate surface area is 194 Å². The maximum atomic E-state index is 12.8. The van der Waals surface area contributed by atoms with Crippen molar-refractivity contribution in [3.05, 3.63) is 0 Å². The van der Waals surface area contributed by atoms with Gasteiger partial charge in [-0.05, 0) is 65.5 Å². The number of nitrogens with one attached hydrogen (secondary N) is 1. The Morgan fingerprint density at radius 1 is 0.938 bits per heavy atom. The van der Waals surface area contributed by atoms with Crippen molar-refractivity contribution in [3.63, 3.8) is 0 Å². The third-order valence-electron chi connectivity index (χ3n) is 8.00. The van der Waals surface area contributed by atoms with Crippen molar-refractivity contribution in [2.75, 3.05) is 78.7 Å². The SMILES string of the molecule is CCNC(=NCC1(N2CCCC2)CCOCC1)N1CCN(C(C)C(=O)N2CCCC2)CC1. The highest BCUT2D eigenvalue weighted by Gasteiger charge is 2.40. The maximum absolute atomic E-state index is 12.8. The van der Waals surface area contributed by atoms with Crippen LogP contribution in [0.1, 0.15) is 52.4 Å². The first-order valence-electron chi connectivity index (χ1n) is 13.0. The Morgan fingerprint density at radius 3 is 2.19 bits per heavy atom. The molecule has 8 heteroatoms. The average Bonchev–Trinajstić information content (AvgIpc) is 3.57. The van der Waals surface area contributed by atoms with E-state index < -0.39 is 0 Å². The molecule has 4 heterocycles. The zero-order chi connectivity index (χ0) is 22.4. The Bertz CT molecular complexity index is 630.